The summed E-state index contributed by atoms with van der Waals surface area (Å²) in [5, 5.41) is 8.28. The molecule has 1 aliphatic rings. The smallest absolute Gasteiger partial charge is 0.191 e. The molecule has 90 valence electrons. The number of rotatable bonds is 2. The van der Waals surface area contributed by atoms with Crippen LogP contribution < -0.4 is 0 Å². The second kappa shape index (κ2) is 3.62. The SMILES string of the molecule is Fc1ccc2cc(-c3n[nH]c(C4CC4)n3)sc2c1. The van der Waals surface area contributed by atoms with Gasteiger partial charge in [-0.3, -0.25) is 5.10 Å². The lowest BCUT2D eigenvalue weighted by Crippen LogP contribution is -1.80. The third-order valence-corrected chi connectivity index (χ3v) is 4.26. The van der Waals surface area contributed by atoms with Gasteiger partial charge < -0.3 is 0 Å². The zero-order valence-corrected chi connectivity index (χ0v) is 10.3. The van der Waals surface area contributed by atoms with Crippen LogP contribution in [-0.4, -0.2) is 15.2 Å². The number of aromatic nitrogens is 3. The largest absolute Gasteiger partial charge is 0.262 e. The number of fused-ring (bicyclic) bond motifs is 1. The van der Waals surface area contributed by atoms with Gasteiger partial charge in [0.05, 0.1) is 4.88 Å². The van der Waals surface area contributed by atoms with Gasteiger partial charge in [0, 0.05) is 10.6 Å². The van der Waals surface area contributed by atoms with E-state index in [1.54, 1.807) is 12.1 Å². The van der Waals surface area contributed by atoms with E-state index in [0.717, 1.165) is 26.6 Å². The van der Waals surface area contributed by atoms with Gasteiger partial charge in [-0.05, 0) is 36.4 Å². The van der Waals surface area contributed by atoms with Gasteiger partial charge in [0.2, 0.25) is 0 Å². The van der Waals surface area contributed by atoms with Crippen LogP contribution in [0.15, 0.2) is 24.3 Å². The standard InChI is InChI=1S/C13H10FN3S/c14-9-4-3-8-5-11(18-10(8)6-9)13-15-12(16-17-13)7-1-2-7/h3-7H,1-2H2,(H,15,16,17). The quantitative estimate of drug-likeness (QED) is 0.762. The lowest BCUT2D eigenvalue weighted by atomic mass is 10.2. The van der Waals surface area contributed by atoms with Crippen molar-refractivity contribution in [2.75, 3.05) is 0 Å². The number of H-pyrrole nitrogens is 1. The number of nitrogens with one attached hydrogen (secondary N) is 1. The molecule has 5 heteroatoms. The maximum absolute atomic E-state index is 13.1. The van der Waals surface area contributed by atoms with Crippen LogP contribution in [0.2, 0.25) is 0 Å². The summed E-state index contributed by atoms with van der Waals surface area (Å²) in [5.41, 5.74) is 0. The average Bonchev–Trinajstić information content (AvgIpc) is 2.95. The Morgan fingerprint density at radius 3 is 3.00 bits per heavy atom. The molecule has 0 saturated heterocycles. The van der Waals surface area contributed by atoms with Gasteiger partial charge >= 0.3 is 0 Å². The van der Waals surface area contributed by atoms with E-state index in [9.17, 15) is 4.39 Å². The Kier molecular flexibility index (Phi) is 2.05. The fraction of sp³-hybridized carbons (Fsp3) is 0.231. The Morgan fingerprint density at radius 2 is 2.17 bits per heavy atom. The summed E-state index contributed by atoms with van der Waals surface area (Å²) in [6.45, 7) is 0. The molecule has 0 amide bonds. The Hall–Kier alpha value is -1.75. The van der Waals surface area contributed by atoms with Crippen molar-refractivity contribution < 1.29 is 4.39 Å². The van der Waals surface area contributed by atoms with Crippen molar-refractivity contribution in [1.29, 1.82) is 0 Å². The fourth-order valence-electron chi connectivity index (χ4n) is 2.04. The van der Waals surface area contributed by atoms with E-state index >= 15 is 0 Å². The van der Waals surface area contributed by atoms with Crippen molar-refractivity contribution in [3.05, 3.63) is 35.9 Å². The molecule has 1 fully saturated rings. The van der Waals surface area contributed by atoms with Crippen molar-refractivity contribution in [3.8, 4) is 10.7 Å². The number of hydrogen-bond donors (Lipinski definition) is 1. The van der Waals surface area contributed by atoms with Gasteiger partial charge in [0.1, 0.15) is 11.6 Å². The lowest BCUT2D eigenvalue weighted by molar-refractivity contribution is 0.630. The summed E-state index contributed by atoms with van der Waals surface area (Å²) in [6, 6.07) is 6.84. The normalized spacial score (nSPS) is 15.4. The van der Waals surface area contributed by atoms with Crippen molar-refractivity contribution >= 4 is 21.4 Å². The molecule has 2 aromatic heterocycles. The topological polar surface area (TPSA) is 41.6 Å². The summed E-state index contributed by atoms with van der Waals surface area (Å²) in [7, 11) is 0. The molecule has 0 radical (unpaired) electrons. The number of benzene rings is 1. The third kappa shape index (κ3) is 1.62. The first-order chi connectivity index (χ1) is 8.79. The Labute approximate surface area is 107 Å². The van der Waals surface area contributed by atoms with Gasteiger partial charge in [-0.2, -0.15) is 5.10 Å². The predicted molar refractivity (Wildman–Crippen MR) is 69.1 cm³/mol. The number of halogens is 1. The average molecular weight is 259 g/mol. The molecule has 3 aromatic rings. The van der Waals surface area contributed by atoms with E-state index in [1.165, 1.54) is 30.2 Å². The maximum atomic E-state index is 13.1. The minimum absolute atomic E-state index is 0.204. The first kappa shape index (κ1) is 10.2. The van der Waals surface area contributed by atoms with Crippen LogP contribution in [0.1, 0.15) is 24.6 Å². The first-order valence-corrected chi connectivity index (χ1v) is 6.73. The Balaban J connectivity index is 1.80. The molecule has 1 N–H and O–H groups in total. The molecule has 1 saturated carbocycles. The van der Waals surface area contributed by atoms with E-state index in [4.69, 9.17) is 0 Å². The molecule has 1 aromatic carbocycles. The van der Waals surface area contributed by atoms with Gasteiger partial charge in [-0.15, -0.1) is 11.3 Å². The highest BCUT2D eigenvalue weighted by atomic mass is 32.1. The first-order valence-electron chi connectivity index (χ1n) is 5.91. The molecule has 0 atom stereocenters. The molecular formula is C13H10FN3S. The molecule has 18 heavy (non-hydrogen) atoms. The fourth-order valence-corrected chi connectivity index (χ4v) is 3.06. The Bertz CT molecular complexity index is 727. The number of nitrogens with zero attached hydrogens (tertiary/aromatic N) is 2. The summed E-state index contributed by atoms with van der Waals surface area (Å²) in [6.07, 6.45) is 2.40. The molecule has 3 nitrogen and oxygen atoms in total. The molecule has 0 unspecified atom stereocenters. The van der Waals surface area contributed by atoms with E-state index in [-0.39, 0.29) is 5.82 Å². The molecule has 1 aliphatic carbocycles. The van der Waals surface area contributed by atoms with E-state index in [2.05, 4.69) is 15.2 Å². The van der Waals surface area contributed by atoms with Gasteiger partial charge in [-0.1, -0.05) is 6.07 Å². The number of thiophene rings is 1. The summed E-state index contributed by atoms with van der Waals surface area (Å²) in [5.74, 6) is 2.06. The van der Waals surface area contributed by atoms with Gasteiger partial charge in [0.15, 0.2) is 5.82 Å². The zero-order valence-electron chi connectivity index (χ0n) is 9.48. The second-order valence-electron chi connectivity index (χ2n) is 4.61. The van der Waals surface area contributed by atoms with Crippen LogP contribution in [-0.2, 0) is 0 Å². The minimum atomic E-state index is -0.204. The second-order valence-corrected chi connectivity index (χ2v) is 5.70. The lowest BCUT2D eigenvalue weighted by Gasteiger charge is -1.86. The Morgan fingerprint density at radius 1 is 1.28 bits per heavy atom. The summed E-state index contributed by atoms with van der Waals surface area (Å²) >= 11 is 1.52. The molecule has 0 aliphatic heterocycles. The van der Waals surface area contributed by atoms with Gasteiger partial charge in [0.25, 0.3) is 0 Å². The number of aromatic amines is 1. The third-order valence-electron chi connectivity index (χ3n) is 3.17. The van der Waals surface area contributed by atoms with E-state index < -0.39 is 0 Å². The molecule has 2 heterocycles. The highest BCUT2D eigenvalue weighted by Crippen LogP contribution is 2.39. The monoisotopic (exact) mass is 259 g/mol. The van der Waals surface area contributed by atoms with Crippen LogP contribution in [0.5, 0.6) is 0 Å². The van der Waals surface area contributed by atoms with Crippen molar-refractivity contribution in [1.82, 2.24) is 15.2 Å². The van der Waals surface area contributed by atoms with Crippen LogP contribution in [0.3, 0.4) is 0 Å². The molecule has 0 bridgehead atoms. The van der Waals surface area contributed by atoms with Crippen LogP contribution in [0.4, 0.5) is 4.39 Å². The highest BCUT2D eigenvalue weighted by Gasteiger charge is 2.27. The molecular weight excluding hydrogens is 249 g/mol. The zero-order chi connectivity index (χ0) is 12.1. The predicted octanol–water partition coefficient (Wildman–Crippen LogP) is 3.70. The highest BCUT2D eigenvalue weighted by molar-refractivity contribution is 7.22. The van der Waals surface area contributed by atoms with Crippen molar-refractivity contribution in [2.45, 2.75) is 18.8 Å². The van der Waals surface area contributed by atoms with Crippen LogP contribution in [0, 0.1) is 5.82 Å². The summed E-state index contributed by atoms with van der Waals surface area (Å²) in [4.78, 5) is 5.50. The minimum Gasteiger partial charge on any atom is -0.262 e. The van der Waals surface area contributed by atoms with E-state index in [0.29, 0.717) is 5.92 Å². The maximum Gasteiger partial charge on any atom is 0.191 e. The van der Waals surface area contributed by atoms with Crippen LogP contribution >= 0.6 is 11.3 Å². The van der Waals surface area contributed by atoms with Gasteiger partial charge in [-0.25, -0.2) is 9.37 Å². The number of hydrogen-bond acceptors (Lipinski definition) is 3. The molecule has 4 rings (SSSR count). The van der Waals surface area contributed by atoms with Crippen molar-refractivity contribution in [2.24, 2.45) is 0 Å². The van der Waals surface area contributed by atoms with Crippen LogP contribution in [0.25, 0.3) is 20.8 Å². The van der Waals surface area contributed by atoms with E-state index in [1.807, 2.05) is 6.07 Å². The van der Waals surface area contributed by atoms with Crippen molar-refractivity contribution in [3.63, 3.8) is 0 Å². The summed E-state index contributed by atoms with van der Waals surface area (Å²) < 4.78 is 14.1. The molecule has 0 spiro atoms.